The zero-order chi connectivity index (χ0) is 16.8. The minimum atomic E-state index is -0.516. The molecule has 0 saturated heterocycles. The van der Waals surface area contributed by atoms with Gasteiger partial charge < -0.3 is 15.4 Å². The molecular weight excluding hydrogens is 307 g/mol. The fourth-order valence-corrected chi connectivity index (χ4v) is 2.05. The molecule has 1 unspecified atom stereocenters. The molecule has 0 aliphatic heterocycles. The zero-order valence-corrected chi connectivity index (χ0v) is 14.3. The summed E-state index contributed by atoms with van der Waals surface area (Å²) < 4.78 is 18.2. The van der Waals surface area contributed by atoms with Crippen LogP contribution in [0.2, 0.25) is 5.02 Å². The molecule has 1 amide bonds. The molecule has 0 saturated carbocycles. The molecule has 2 N–H and O–H groups in total. The van der Waals surface area contributed by atoms with Crippen LogP contribution in [0.15, 0.2) is 18.2 Å². The summed E-state index contributed by atoms with van der Waals surface area (Å²) in [5, 5.41) is 6.41. The van der Waals surface area contributed by atoms with E-state index in [-0.39, 0.29) is 11.9 Å². The highest BCUT2D eigenvalue weighted by atomic mass is 35.5. The topological polar surface area (TPSA) is 50.4 Å². The summed E-state index contributed by atoms with van der Waals surface area (Å²) in [6.45, 7) is 8.52. The molecule has 0 aliphatic carbocycles. The van der Waals surface area contributed by atoms with Gasteiger partial charge in [0.25, 0.3) is 0 Å². The van der Waals surface area contributed by atoms with Crippen LogP contribution in [0, 0.1) is 5.82 Å². The van der Waals surface area contributed by atoms with E-state index in [0.717, 1.165) is 12.0 Å². The second-order valence-corrected chi connectivity index (χ2v) is 6.53. The van der Waals surface area contributed by atoms with Gasteiger partial charge in [0.05, 0.1) is 0 Å². The molecule has 6 heteroatoms. The van der Waals surface area contributed by atoms with Crippen LogP contribution in [0.5, 0.6) is 0 Å². The van der Waals surface area contributed by atoms with Gasteiger partial charge in [-0.05, 0) is 44.9 Å². The Morgan fingerprint density at radius 3 is 2.64 bits per heavy atom. The van der Waals surface area contributed by atoms with Gasteiger partial charge in [-0.15, -0.1) is 0 Å². The molecule has 0 radical (unpaired) electrons. The van der Waals surface area contributed by atoms with E-state index in [2.05, 4.69) is 10.6 Å². The first-order valence-electron chi connectivity index (χ1n) is 7.35. The SMILES string of the molecule is CCC(CNCc1ccc(F)cc1Cl)NC(=O)OC(C)(C)C. The molecule has 0 aliphatic rings. The molecule has 0 bridgehead atoms. The maximum Gasteiger partial charge on any atom is 0.407 e. The highest BCUT2D eigenvalue weighted by Gasteiger charge is 2.18. The van der Waals surface area contributed by atoms with E-state index in [1.165, 1.54) is 12.1 Å². The normalized spacial score (nSPS) is 12.8. The maximum atomic E-state index is 13.0. The second kappa shape index (κ2) is 8.34. The van der Waals surface area contributed by atoms with E-state index in [0.29, 0.717) is 18.1 Å². The number of hydrogen-bond donors (Lipinski definition) is 2. The predicted octanol–water partition coefficient (Wildman–Crippen LogP) is 3.87. The van der Waals surface area contributed by atoms with Crippen LogP contribution in [-0.2, 0) is 11.3 Å². The number of carbonyl (C=O) groups is 1. The molecule has 124 valence electrons. The van der Waals surface area contributed by atoms with Crippen molar-refractivity contribution >= 4 is 17.7 Å². The Morgan fingerprint density at radius 1 is 1.41 bits per heavy atom. The van der Waals surface area contributed by atoms with Gasteiger partial charge in [0.1, 0.15) is 11.4 Å². The molecule has 4 nitrogen and oxygen atoms in total. The van der Waals surface area contributed by atoms with Crippen molar-refractivity contribution in [1.29, 1.82) is 0 Å². The molecule has 1 aromatic carbocycles. The Hall–Kier alpha value is -1.33. The predicted molar refractivity (Wildman–Crippen MR) is 86.6 cm³/mol. The quantitative estimate of drug-likeness (QED) is 0.832. The number of amides is 1. The number of alkyl carbamates (subject to hydrolysis) is 1. The van der Waals surface area contributed by atoms with E-state index >= 15 is 0 Å². The van der Waals surface area contributed by atoms with Crippen LogP contribution in [0.3, 0.4) is 0 Å². The monoisotopic (exact) mass is 330 g/mol. The van der Waals surface area contributed by atoms with Crippen LogP contribution < -0.4 is 10.6 Å². The van der Waals surface area contributed by atoms with E-state index < -0.39 is 11.7 Å². The number of rotatable bonds is 6. The minimum absolute atomic E-state index is 0.0472. The van der Waals surface area contributed by atoms with Crippen LogP contribution >= 0.6 is 11.6 Å². The fraction of sp³-hybridized carbons (Fsp3) is 0.562. The van der Waals surface area contributed by atoms with E-state index in [4.69, 9.17) is 16.3 Å². The van der Waals surface area contributed by atoms with Crippen molar-refractivity contribution in [2.45, 2.75) is 52.3 Å². The van der Waals surface area contributed by atoms with Crippen molar-refractivity contribution in [3.63, 3.8) is 0 Å². The highest BCUT2D eigenvalue weighted by molar-refractivity contribution is 6.31. The summed E-state index contributed by atoms with van der Waals surface area (Å²) in [5.41, 5.74) is 0.299. The smallest absolute Gasteiger partial charge is 0.407 e. The van der Waals surface area contributed by atoms with Gasteiger partial charge >= 0.3 is 6.09 Å². The molecule has 0 heterocycles. The van der Waals surface area contributed by atoms with Crippen molar-refractivity contribution in [2.24, 2.45) is 0 Å². The third-order valence-corrected chi connectivity index (χ3v) is 3.29. The molecule has 0 fully saturated rings. The Bertz CT molecular complexity index is 503. The summed E-state index contributed by atoms with van der Waals surface area (Å²) in [7, 11) is 0. The first kappa shape index (κ1) is 18.7. The van der Waals surface area contributed by atoms with Crippen LogP contribution in [0.4, 0.5) is 9.18 Å². The molecule has 22 heavy (non-hydrogen) atoms. The Kier molecular flexibility index (Phi) is 7.10. The summed E-state index contributed by atoms with van der Waals surface area (Å²) in [5.74, 6) is -0.355. The first-order chi connectivity index (χ1) is 10.2. The van der Waals surface area contributed by atoms with Crippen molar-refractivity contribution in [2.75, 3.05) is 6.54 Å². The van der Waals surface area contributed by atoms with Gasteiger partial charge in [-0.25, -0.2) is 9.18 Å². The largest absolute Gasteiger partial charge is 0.444 e. The van der Waals surface area contributed by atoms with Gasteiger partial charge in [0.2, 0.25) is 0 Å². The van der Waals surface area contributed by atoms with E-state index in [1.807, 2.05) is 27.7 Å². The lowest BCUT2D eigenvalue weighted by Crippen LogP contribution is -2.43. The van der Waals surface area contributed by atoms with Gasteiger partial charge in [-0.2, -0.15) is 0 Å². The second-order valence-electron chi connectivity index (χ2n) is 6.12. The molecule has 0 aromatic heterocycles. The van der Waals surface area contributed by atoms with Gasteiger partial charge in [-0.3, -0.25) is 0 Å². The number of halogens is 2. The third kappa shape index (κ3) is 7.09. The number of carbonyl (C=O) groups excluding carboxylic acids is 1. The first-order valence-corrected chi connectivity index (χ1v) is 7.73. The molecule has 1 aromatic rings. The highest BCUT2D eigenvalue weighted by Crippen LogP contribution is 2.16. The van der Waals surface area contributed by atoms with Crippen molar-refractivity contribution in [3.05, 3.63) is 34.6 Å². The van der Waals surface area contributed by atoms with Crippen molar-refractivity contribution < 1.29 is 13.9 Å². The lowest BCUT2D eigenvalue weighted by atomic mass is 10.2. The average molecular weight is 331 g/mol. The van der Waals surface area contributed by atoms with Crippen LogP contribution in [0.1, 0.15) is 39.7 Å². The van der Waals surface area contributed by atoms with Crippen LogP contribution in [-0.4, -0.2) is 24.3 Å². The Balaban J connectivity index is 2.42. The third-order valence-electron chi connectivity index (χ3n) is 2.93. The number of ether oxygens (including phenoxy) is 1. The molecule has 0 spiro atoms. The lowest BCUT2D eigenvalue weighted by Gasteiger charge is -2.23. The molecule has 1 rings (SSSR count). The molecule has 1 atom stereocenters. The van der Waals surface area contributed by atoms with Crippen molar-refractivity contribution in [3.8, 4) is 0 Å². The molecular formula is C16H24ClFN2O2. The van der Waals surface area contributed by atoms with Gasteiger partial charge in [0, 0.05) is 24.2 Å². The summed E-state index contributed by atoms with van der Waals surface area (Å²) >= 11 is 5.97. The number of benzene rings is 1. The van der Waals surface area contributed by atoms with Gasteiger partial charge in [0.15, 0.2) is 0 Å². The maximum absolute atomic E-state index is 13.0. The zero-order valence-electron chi connectivity index (χ0n) is 13.5. The Labute approximate surface area is 136 Å². The lowest BCUT2D eigenvalue weighted by molar-refractivity contribution is 0.0502. The average Bonchev–Trinajstić information content (AvgIpc) is 2.37. The summed E-state index contributed by atoms with van der Waals surface area (Å²) in [4.78, 5) is 11.7. The Morgan fingerprint density at radius 2 is 2.09 bits per heavy atom. The summed E-state index contributed by atoms with van der Waals surface area (Å²) in [6, 6.07) is 4.26. The number of nitrogens with one attached hydrogen (secondary N) is 2. The van der Waals surface area contributed by atoms with Crippen molar-refractivity contribution in [1.82, 2.24) is 10.6 Å². The van der Waals surface area contributed by atoms with Gasteiger partial charge in [-0.1, -0.05) is 24.6 Å². The fourth-order valence-electron chi connectivity index (χ4n) is 1.82. The van der Waals surface area contributed by atoms with Crippen LogP contribution in [0.25, 0.3) is 0 Å². The number of hydrogen-bond acceptors (Lipinski definition) is 3. The van der Waals surface area contributed by atoms with E-state index in [1.54, 1.807) is 6.07 Å². The summed E-state index contributed by atoms with van der Waals surface area (Å²) in [6.07, 6.45) is 0.338. The van der Waals surface area contributed by atoms with E-state index in [9.17, 15) is 9.18 Å². The minimum Gasteiger partial charge on any atom is -0.444 e. The standard InChI is InChI=1S/C16H24ClFN2O2/c1-5-13(20-15(21)22-16(2,3)4)10-19-9-11-6-7-12(18)8-14(11)17/h6-8,13,19H,5,9-10H2,1-4H3,(H,20,21).